The highest BCUT2D eigenvalue weighted by Crippen LogP contribution is 2.23. The molecule has 0 saturated carbocycles. The summed E-state index contributed by atoms with van der Waals surface area (Å²) in [7, 11) is 0. The van der Waals surface area contributed by atoms with Gasteiger partial charge in [-0.15, -0.1) is 0 Å². The summed E-state index contributed by atoms with van der Waals surface area (Å²) in [4.78, 5) is 50.6. The first-order valence-corrected chi connectivity index (χ1v) is 11.5. The molecule has 0 bridgehead atoms. The summed E-state index contributed by atoms with van der Waals surface area (Å²) in [6.07, 6.45) is 3.42. The first-order valence-electron chi connectivity index (χ1n) is 12.0. The largest absolute Gasteiger partial charge is 0.493 e. The third-order valence-electron chi connectivity index (χ3n) is 5.57. The van der Waals surface area contributed by atoms with Crippen LogP contribution in [-0.4, -0.2) is 52.4 Å². The number of unbranched alkanes of at least 4 members (excludes halogenated alkanes) is 2. The van der Waals surface area contributed by atoms with Crippen LogP contribution < -0.4 is 15.4 Å². The Morgan fingerprint density at radius 3 is 2.57 bits per heavy atom. The normalized spacial score (nSPS) is 18.3. The highest BCUT2D eigenvalue weighted by Gasteiger charge is 2.42. The zero-order valence-corrected chi connectivity index (χ0v) is 19.8. The zero-order valence-electron chi connectivity index (χ0n) is 20.8. The Kier molecular flexibility index (Phi) is 8.37. The molecule has 1 aromatic carbocycles. The van der Waals surface area contributed by atoms with Gasteiger partial charge in [0.2, 0.25) is 0 Å². The summed E-state index contributed by atoms with van der Waals surface area (Å²) >= 11 is 0. The number of rotatable bonds is 12. The fourth-order valence-electron chi connectivity index (χ4n) is 3.71. The van der Waals surface area contributed by atoms with E-state index in [0.29, 0.717) is 37.2 Å². The van der Waals surface area contributed by atoms with Gasteiger partial charge < -0.3 is 29.8 Å². The molecule has 188 valence electrons. The zero-order chi connectivity index (χ0) is 26.3. The maximum Gasteiger partial charge on any atom is 0.303 e. The SMILES string of the molecule is [2H]C(C)(C)N(Cc1ccccc1OCCCCCC(=O)O)C(=O)C1NC(=O)C(c2ccco2)NC1=O. The van der Waals surface area contributed by atoms with Crippen molar-refractivity contribution in [3.8, 4) is 5.75 Å². The van der Waals surface area contributed by atoms with Gasteiger partial charge in [-0.05, 0) is 51.3 Å². The molecule has 2 unspecified atom stereocenters. The van der Waals surface area contributed by atoms with Crippen LogP contribution in [-0.2, 0) is 25.7 Å². The summed E-state index contributed by atoms with van der Waals surface area (Å²) in [6.45, 7) is 3.38. The van der Waals surface area contributed by atoms with E-state index in [1.54, 1.807) is 36.4 Å². The van der Waals surface area contributed by atoms with Crippen LogP contribution in [0.4, 0.5) is 0 Å². The Hall–Kier alpha value is -3.82. The van der Waals surface area contributed by atoms with E-state index in [1.165, 1.54) is 25.0 Å². The Labute approximate surface area is 205 Å². The van der Waals surface area contributed by atoms with Gasteiger partial charge in [-0.3, -0.25) is 19.2 Å². The number of furan rings is 1. The lowest BCUT2D eigenvalue weighted by molar-refractivity contribution is -0.148. The molecule has 2 aromatic rings. The number of carboxylic acid groups (broad SMARTS) is 1. The molecule has 10 nitrogen and oxygen atoms in total. The van der Waals surface area contributed by atoms with Crippen molar-refractivity contribution in [2.24, 2.45) is 0 Å². The lowest BCUT2D eigenvalue weighted by Crippen LogP contribution is -2.63. The minimum absolute atomic E-state index is 0.0220. The van der Waals surface area contributed by atoms with E-state index in [-0.39, 0.29) is 18.7 Å². The van der Waals surface area contributed by atoms with E-state index in [9.17, 15) is 19.2 Å². The van der Waals surface area contributed by atoms with Crippen molar-refractivity contribution in [1.29, 1.82) is 0 Å². The quantitative estimate of drug-likeness (QED) is 0.309. The Morgan fingerprint density at radius 1 is 1.11 bits per heavy atom. The third kappa shape index (κ3) is 6.84. The number of nitrogens with zero attached hydrogens (tertiary/aromatic N) is 1. The first kappa shape index (κ1) is 24.3. The molecule has 3 N–H and O–H groups in total. The molecule has 3 rings (SSSR count). The minimum atomic E-state index is -1.49. The van der Waals surface area contributed by atoms with Gasteiger partial charge >= 0.3 is 5.97 Å². The lowest BCUT2D eigenvalue weighted by atomic mass is 10.1. The van der Waals surface area contributed by atoms with Crippen molar-refractivity contribution in [2.75, 3.05) is 6.61 Å². The molecular weight excluding hydrogens is 454 g/mol. The number of nitrogens with one attached hydrogen (secondary N) is 2. The maximum atomic E-state index is 13.4. The second-order valence-electron chi connectivity index (χ2n) is 8.43. The highest BCUT2D eigenvalue weighted by atomic mass is 16.5. The molecule has 0 radical (unpaired) electrons. The average Bonchev–Trinajstić information content (AvgIpc) is 3.35. The molecule has 3 amide bonds. The topological polar surface area (TPSA) is 138 Å². The molecular formula is C25H31N3O7. The van der Waals surface area contributed by atoms with Gasteiger partial charge in [-0.1, -0.05) is 18.2 Å². The number of hydrogen-bond acceptors (Lipinski definition) is 6. The van der Waals surface area contributed by atoms with Crippen LogP contribution in [0.1, 0.15) is 58.3 Å². The Bertz CT molecular complexity index is 1080. The molecule has 2 atom stereocenters. The van der Waals surface area contributed by atoms with E-state index >= 15 is 0 Å². The van der Waals surface area contributed by atoms with Crippen molar-refractivity contribution in [1.82, 2.24) is 15.5 Å². The van der Waals surface area contributed by atoms with Crippen LogP contribution in [0.15, 0.2) is 47.1 Å². The predicted octanol–water partition coefficient (Wildman–Crippen LogP) is 2.40. The van der Waals surface area contributed by atoms with E-state index in [0.717, 1.165) is 0 Å². The van der Waals surface area contributed by atoms with Crippen molar-refractivity contribution >= 4 is 23.7 Å². The minimum Gasteiger partial charge on any atom is -0.493 e. The lowest BCUT2D eigenvalue weighted by Gasteiger charge is -2.34. The molecule has 1 fully saturated rings. The van der Waals surface area contributed by atoms with Crippen LogP contribution in [0.3, 0.4) is 0 Å². The van der Waals surface area contributed by atoms with E-state index in [2.05, 4.69) is 10.6 Å². The number of ether oxygens (including phenoxy) is 1. The molecule has 10 heteroatoms. The fourth-order valence-corrected chi connectivity index (χ4v) is 3.71. The number of carboxylic acids is 1. The Morgan fingerprint density at radius 2 is 1.89 bits per heavy atom. The number of hydrogen-bond donors (Lipinski definition) is 3. The highest BCUT2D eigenvalue weighted by molar-refractivity contribution is 6.10. The van der Waals surface area contributed by atoms with Gasteiger partial charge in [-0.2, -0.15) is 0 Å². The monoisotopic (exact) mass is 486 g/mol. The van der Waals surface area contributed by atoms with Crippen LogP contribution >= 0.6 is 0 Å². The Balaban J connectivity index is 1.69. The van der Waals surface area contributed by atoms with E-state index in [1.807, 2.05) is 0 Å². The predicted molar refractivity (Wildman–Crippen MR) is 125 cm³/mol. The molecule has 0 spiro atoms. The summed E-state index contributed by atoms with van der Waals surface area (Å²) in [5, 5.41) is 13.7. The molecule has 1 saturated heterocycles. The molecule has 1 aliphatic heterocycles. The van der Waals surface area contributed by atoms with Crippen molar-refractivity contribution in [2.45, 2.75) is 64.2 Å². The number of piperazine rings is 1. The standard InChI is InChI=1S/C25H31N3O7/c1-16(2)28(15-17-9-5-6-10-18(17)34-13-7-3-4-12-20(29)30)25(33)22-24(32)26-21(23(31)27-22)19-11-8-14-35-19/h5-6,8-11,14,16,21-22H,3-4,7,12-13,15H2,1-2H3,(H,26,32)(H,27,31)(H,29,30)/i16D. The summed E-state index contributed by atoms with van der Waals surface area (Å²) < 4.78 is 19.6. The smallest absolute Gasteiger partial charge is 0.303 e. The maximum absolute atomic E-state index is 13.4. The number of benzene rings is 1. The second-order valence-corrected chi connectivity index (χ2v) is 8.43. The summed E-state index contributed by atoms with van der Waals surface area (Å²) in [5.41, 5.74) is 0.632. The molecule has 35 heavy (non-hydrogen) atoms. The van der Waals surface area contributed by atoms with Gasteiger partial charge in [0.1, 0.15) is 11.5 Å². The van der Waals surface area contributed by atoms with Crippen molar-refractivity contribution in [3.63, 3.8) is 0 Å². The van der Waals surface area contributed by atoms with E-state index < -0.39 is 41.8 Å². The number of amides is 3. The van der Waals surface area contributed by atoms with Crippen molar-refractivity contribution < 1.29 is 34.8 Å². The first-order chi connectivity index (χ1) is 17.1. The van der Waals surface area contributed by atoms with Crippen molar-refractivity contribution in [3.05, 3.63) is 54.0 Å². The fraction of sp³-hybridized carbons (Fsp3) is 0.440. The van der Waals surface area contributed by atoms with Crippen LogP contribution in [0.2, 0.25) is 0 Å². The van der Waals surface area contributed by atoms with Gasteiger partial charge in [0.05, 0.1) is 14.2 Å². The molecule has 0 aliphatic carbocycles. The van der Waals surface area contributed by atoms with Gasteiger partial charge in [0.25, 0.3) is 17.7 Å². The van der Waals surface area contributed by atoms with Gasteiger partial charge in [0, 0.05) is 24.5 Å². The van der Waals surface area contributed by atoms with Gasteiger partial charge in [-0.25, -0.2) is 0 Å². The van der Waals surface area contributed by atoms with E-state index in [4.69, 9.17) is 15.6 Å². The summed E-state index contributed by atoms with van der Waals surface area (Å²) in [5.74, 6) is -2.06. The van der Waals surface area contributed by atoms with Crippen LogP contribution in [0.25, 0.3) is 0 Å². The average molecular weight is 487 g/mol. The van der Waals surface area contributed by atoms with Gasteiger partial charge in [0.15, 0.2) is 12.1 Å². The van der Waals surface area contributed by atoms with Crippen LogP contribution in [0.5, 0.6) is 5.75 Å². The van der Waals surface area contributed by atoms with Crippen LogP contribution in [0, 0.1) is 0 Å². The number of carbonyl (C=O) groups is 4. The number of carbonyl (C=O) groups excluding carboxylic acids is 3. The third-order valence-corrected chi connectivity index (χ3v) is 5.57. The molecule has 1 aromatic heterocycles. The summed E-state index contributed by atoms with van der Waals surface area (Å²) in [6, 6.07) is 6.26. The molecule has 1 aliphatic rings. The number of aliphatic carboxylic acids is 1. The second kappa shape index (κ2) is 12.0. The molecule has 2 heterocycles. The number of para-hydroxylation sites is 1.